The summed E-state index contributed by atoms with van der Waals surface area (Å²) in [5.74, 6) is -0.207. The number of ether oxygens (including phenoxy) is 1. The van der Waals surface area contributed by atoms with E-state index >= 15 is 0 Å². The second-order valence-electron chi connectivity index (χ2n) is 6.82. The zero-order valence-corrected chi connectivity index (χ0v) is 18.5. The molecule has 0 aliphatic rings. The Morgan fingerprint density at radius 2 is 1.72 bits per heavy atom. The second-order valence-corrected chi connectivity index (χ2v) is 9.12. The SMILES string of the molecule is COCCCNC(=O)CCN(c1cc(C)cc(C)c1)S(=O)(=O)c1ccc(Cl)cc1. The van der Waals surface area contributed by atoms with Gasteiger partial charge in [0.1, 0.15) is 0 Å². The number of amides is 1. The number of aryl methyl sites for hydroxylation is 2. The molecule has 0 aromatic heterocycles. The Hall–Kier alpha value is -2.09. The first-order valence-electron chi connectivity index (χ1n) is 9.36. The van der Waals surface area contributed by atoms with Crippen molar-refractivity contribution in [3.05, 3.63) is 58.6 Å². The van der Waals surface area contributed by atoms with Crippen LogP contribution < -0.4 is 9.62 Å². The highest BCUT2D eigenvalue weighted by Crippen LogP contribution is 2.27. The summed E-state index contributed by atoms with van der Waals surface area (Å²) in [6.07, 6.45) is 0.749. The lowest BCUT2D eigenvalue weighted by atomic mass is 10.1. The number of sulfonamides is 1. The van der Waals surface area contributed by atoms with E-state index in [1.54, 1.807) is 19.2 Å². The van der Waals surface area contributed by atoms with Crippen molar-refractivity contribution >= 4 is 33.2 Å². The van der Waals surface area contributed by atoms with Gasteiger partial charge in [-0.2, -0.15) is 0 Å². The van der Waals surface area contributed by atoms with Gasteiger partial charge >= 0.3 is 0 Å². The summed E-state index contributed by atoms with van der Waals surface area (Å²) in [6, 6.07) is 11.6. The highest BCUT2D eigenvalue weighted by molar-refractivity contribution is 7.92. The molecule has 158 valence electrons. The summed E-state index contributed by atoms with van der Waals surface area (Å²) in [5, 5.41) is 3.24. The third kappa shape index (κ3) is 6.73. The van der Waals surface area contributed by atoms with E-state index in [4.69, 9.17) is 16.3 Å². The molecule has 0 radical (unpaired) electrons. The van der Waals surface area contributed by atoms with Crippen molar-refractivity contribution in [2.45, 2.75) is 31.6 Å². The molecule has 6 nitrogen and oxygen atoms in total. The smallest absolute Gasteiger partial charge is 0.264 e. The molecule has 2 aromatic rings. The van der Waals surface area contributed by atoms with Crippen LogP contribution in [0.15, 0.2) is 47.4 Å². The van der Waals surface area contributed by atoms with E-state index in [9.17, 15) is 13.2 Å². The lowest BCUT2D eigenvalue weighted by Gasteiger charge is -2.25. The van der Waals surface area contributed by atoms with Crippen LogP contribution in [0.2, 0.25) is 5.02 Å². The molecule has 2 aromatic carbocycles. The Balaban J connectivity index is 2.26. The molecular formula is C21H27ClN2O4S. The molecule has 8 heteroatoms. The minimum absolute atomic E-state index is 0.0317. The van der Waals surface area contributed by atoms with Gasteiger partial charge in [-0.15, -0.1) is 0 Å². The molecule has 2 rings (SSSR count). The predicted octanol–water partition coefficient (Wildman–Crippen LogP) is 3.69. The van der Waals surface area contributed by atoms with Crippen LogP contribution in [0.4, 0.5) is 5.69 Å². The van der Waals surface area contributed by atoms with Crippen LogP contribution in [-0.4, -0.2) is 41.1 Å². The number of benzene rings is 2. The maximum Gasteiger partial charge on any atom is 0.264 e. The number of carbonyl (C=O) groups excluding carboxylic acids is 1. The summed E-state index contributed by atoms with van der Waals surface area (Å²) in [7, 11) is -2.25. The minimum atomic E-state index is -3.85. The molecule has 0 bridgehead atoms. The Bertz CT molecular complexity index is 910. The molecule has 0 unspecified atom stereocenters. The molecule has 0 aliphatic carbocycles. The lowest BCUT2D eigenvalue weighted by molar-refractivity contribution is -0.120. The Morgan fingerprint density at radius 3 is 2.31 bits per heavy atom. The van der Waals surface area contributed by atoms with Crippen molar-refractivity contribution in [1.82, 2.24) is 5.32 Å². The standard InChI is InChI=1S/C21H27ClN2O4S/c1-16-13-17(2)15-19(14-16)24(11-9-21(25)23-10-4-12-28-3)29(26,27)20-7-5-18(22)6-8-20/h5-8,13-15H,4,9-12H2,1-3H3,(H,23,25). The first-order chi connectivity index (χ1) is 13.7. The maximum atomic E-state index is 13.3. The van der Waals surface area contributed by atoms with Crippen LogP contribution in [0.3, 0.4) is 0 Å². The highest BCUT2D eigenvalue weighted by Gasteiger charge is 2.26. The predicted molar refractivity (Wildman–Crippen MR) is 116 cm³/mol. The van der Waals surface area contributed by atoms with Crippen LogP contribution in [0.5, 0.6) is 0 Å². The van der Waals surface area contributed by atoms with Crippen LogP contribution >= 0.6 is 11.6 Å². The van der Waals surface area contributed by atoms with Gasteiger partial charge in [0.05, 0.1) is 10.6 Å². The summed E-state index contributed by atoms with van der Waals surface area (Å²) < 4.78 is 32.9. The summed E-state index contributed by atoms with van der Waals surface area (Å²) in [4.78, 5) is 12.3. The zero-order valence-electron chi connectivity index (χ0n) is 16.9. The molecule has 29 heavy (non-hydrogen) atoms. The number of halogens is 1. The van der Waals surface area contributed by atoms with Crippen molar-refractivity contribution in [2.75, 3.05) is 31.1 Å². The number of rotatable bonds is 10. The van der Waals surface area contributed by atoms with Gasteiger partial charge in [-0.3, -0.25) is 9.10 Å². The molecule has 0 heterocycles. The molecule has 0 spiro atoms. The fourth-order valence-electron chi connectivity index (χ4n) is 2.95. The van der Waals surface area contributed by atoms with Gasteiger partial charge in [-0.1, -0.05) is 17.7 Å². The number of hydrogen-bond donors (Lipinski definition) is 1. The number of hydrogen-bond acceptors (Lipinski definition) is 4. The van der Waals surface area contributed by atoms with Gasteiger partial charge in [0.15, 0.2) is 0 Å². The molecule has 0 fully saturated rings. The minimum Gasteiger partial charge on any atom is -0.385 e. The molecule has 1 amide bonds. The van der Waals surface area contributed by atoms with Crippen LogP contribution in [0.25, 0.3) is 0 Å². The fourth-order valence-corrected chi connectivity index (χ4v) is 4.53. The van der Waals surface area contributed by atoms with E-state index in [1.807, 2.05) is 19.9 Å². The van der Waals surface area contributed by atoms with E-state index in [0.29, 0.717) is 30.3 Å². The fraction of sp³-hybridized carbons (Fsp3) is 0.381. The van der Waals surface area contributed by atoms with Crippen molar-refractivity contribution in [2.24, 2.45) is 0 Å². The zero-order chi connectivity index (χ0) is 21.4. The van der Waals surface area contributed by atoms with Crippen LogP contribution in [0.1, 0.15) is 24.0 Å². The van der Waals surface area contributed by atoms with E-state index in [0.717, 1.165) is 11.1 Å². The Labute approximate surface area is 177 Å². The first kappa shape index (κ1) is 23.2. The number of anilines is 1. The monoisotopic (exact) mass is 438 g/mol. The van der Waals surface area contributed by atoms with Gasteiger partial charge in [0.25, 0.3) is 10.0 Å². The van der Waals surface area contributed by atoms with Crippen LogP contribution in [-0.2, 0) is 19.6 Å². The van der Waals surface area contributed by atoms with Gasteiger partial charge in [-0.05, 0) is 67.8 Å². The Morgan fingerprint density at radius 1 is 1.10 bits per heavy atom. The molecule has 1 N–H and O–H groups in total. The number of methoxy groups -OCH3 is 1. The molecule has 0 saturated heterocycles. The number of carbonyl (C=O) groups is 1. The average Bonchev–Trinajstić information content (AvgIpc) is 2.65. The van der Waals surface area contributed by atoms with E-state index in [2.05, 4.69) is 5.32 Å². The van der Waals surface area contributed by atoms with Crippen molar-refractivity contribution in [3.63, 3.8) is 0 Å². The molecule has 0 atom stereocenters. The van der Waals surface area contributed by atoms with Crippen molar-refractivity contribution in [3.8, 4) is 0 Å². The van der Waals surface area contributed by atoms with Gasteiger partial charge in [0.2, 0.25) is 5.91 Å². The third-order valence-corrected chi connectivity index (χ3v) is 6.38. The topological polar surface area (TPSA) is 75.7 Å². The number of nitrogens with one attached hydrogen (secondary N) is 1. The van der Waals surface area contributed by atoms with Gasteiger partial charge in [-0.25, -0.2) is 8.42 Å². The van der Waals surface area contributed by atoms with Gasteiger partial charge < -0.3 is 10.1 Å². The average molecular weight is 439 g/mol. The van der Waals surface area contributed by atoms with Crippen LogP contribution in [0, 0.1) is 13.8 Å². The first-order valence-corrected chi connectivity index (χ1v) is 11.2. The van der Waals surface area contributed by atoms with E-state index in [1.165, 1.54) is 28.6 Å². The molecule has 0 saturated carbocycles. The summed E-state index contributed by atoms with van der Waals surface area (Å²) >= 11 is 5.90. The second kappa shape index (κ2) is 10.6. The van der Waals surface area contributed by atoms with Crippen molar-refractivity contribution < 1.29 is 17.9 Å². The lowest BCUT2D eigenvalue weighted by Crippen LogP contribution is -2.35. The Kier molecular flexibility index (Phi) is 8.49. The normalized spacial score (nSPS) is 11.3. The highest BCUT2D eigenvalue weighted by atomic mass is 35.5. The van der Waals surface area contributed by atoms with Gasteiger partial charge in [0, 0.05) is 38.2 Å². The summed E-state index contributed by atoms with van der Waals surface area (Å²) in [5.41, 5.74) is 2.42. The molecular weight excluding hydrogens is 412 g/mol. The summed E-state index contributed by atoms with van der Waals surface area (Å²) in [6.45, 7) is 4.89. The maximum absolute atomic E-state index is 13.3. The third-order valence-electron chi connectivity index (χ3n) is 4.29. The quantitative estimate of drug-likeness (QED) is 0.574. The molecule has 0 aliphatic heterocycles. The van der Waals surface area contributed by atoms with E-state index < -0.39 is 10.0 Å². The van der Waals surface area contributed by atoms with E-state index in [-0.39, 0.29) is 23.8 Å². The van der Waals surface area contributed by atoms with Crippen molar-refractivity contribution in [1.29, 1.82) is 0 Å². The number of nitrogens with zero attached hydrogens (tertiary/aromatic N) is 1. The largest absolute Gasteiger partial charge is 0.385 e.